The smallest absolute Gasteiger partial charge is 0.404 e. The first kappa shape index (κ1) is 14.2. The van der Waals surface area contributed by atoms with Crippen LogP contribution in [0.2, 0.25) is 0 Å². The highest BCUT2D eigenvalue weighted by Gasteiger charge is 2.27. The van der Waals surface area contributed by atoms with Crippen molar-refractivity contribution in [3.05, 3.63) is 30.1 Å². The van der Waals surface area contributed by atoms with Crippen molar-refractivity contribution in [2.45, 2.75) is 37.8 Å². The maximum absolute atomic E-state index is 11.0. The molecule has 1 fully saturated rings. The first-order chi connectivity index (χ1) is 10.7. The molecular weight excluding hydrogens is 282 g/mol. The van der Waals surface area contributed by atoms with Gasteiger partial charge in [0.05, 0.1) is 29.0 Å². The first-order valence-corrected chi connectivity index (χ1v) is 7.31. The Balaban J connectivity index is 1.92. The lowest BCUT2D eigenvalue weighted by Crippen LogP contribution is -2.48. The van der Waals surface area contributed by atoms with E-state index >= 15 is 0 Å². The predicted octanol–water partition coefficient (Wildman–Crippen LogP) is 2.20. The van der Waals surface area contributed by atoms with Crippen molar-refractivity contribution in [3.8, 4) is 6.07 Å². The summed E-state index contributed by atoms with van der Waals surface area (Å²) in [7, 11) is 0. The molecule has 0 aliphatic heterocycles. The summed E-state index contributed by atoms with van der Waals surface area (Å²) in [5.74, 6) is 0. The molecule has 0 unspecified atom stereocenters. The largest absolute Gasteiger partial charge is 0.465 e. The highest BCUT2D eigenvalue weighted by Crippen LogP contribution is 2.27. The Hall–Kier alpha value is -2.75. The molecule has 3 rings (SSSR count). The quantitative estimate of drug-likeness (QED) is 0.806. The average Bonchev–Trinajstić information content (AvgIpc) is 2.98. The summed E-state index contributed by atoms with van der Waals surface area (Å²) in [5.41, 5.74) is 2.00. The van der Waals surface area contributed by atoms with Crippen LogP contribution in [-0.4, -0.2) is 32.9 Å². The number of rotatable bonds is 3. The molecule has 0 saturated heterocycles. The van der Waals surface area contributed by atoms with Crippen molar-refractivity contribution in [1.29, 1.82) is 5.26 Å². The number of anilines is 1. The number of aromatic nitrogens is 2. The van der Waals surface area contributed by atoms with Crippen LogP contribution in [0.25, 0.3) is 5.52 Å². The highest BCUT2D eigenvalue weighted by atomic mass is 16.4. The Morgan fingerprint density at radius 2 is 2.18 bits per heavy atom. The van der Waals surface area contributed by atoms with Gasteiger partial charge in [0, 0.05) is 12.2 Å². The molecule has 0 aromatic carbocycles. The molecule has 114 valence electrons. The van der Waals surface area contributed by atoms with E-state index in [9.17, 15) is 10.1 Å². The second kappa shape index (κ2) is 5.93. The molecule has 0 spiro atoms. The van der Waals surface area contributed by atoms with Crippen LogP contribution >= 0.6 is 0 Å². The molecule has 1 aliphatic carbocycles. The van der Waals surface area contributed by atoms with E-state index in [-0.39, 0.29) is 12.1 Å². The summed E-state index contributed by atoms with van der Waals surface area (Å²) in [4.78, 5) is 11.0. The Labute approximate surface area is 127 Å². The van der Waals surface area contributed by atoms with Crippen molar-refractivity contribution >= 4 is 17.3 Å². The summed E-state index contributed by atoms with van der Waals surface area (Å²) in [6, 6.07) is 5.72. The van der Waals surface area contributed by atoms with Gasteiger partial charge in [0.15, 0.2) is 0 Å². The normalized spacial score (nSPS) is 21.2. The van der Waals surface area contributed by atoms with Gasteiger partial charge in [-0.2, -0.15) is 10.4 Å². The molecule has 2 aromatic heterocycles. The predicted molar refractivity (Wildman–Crippen MR) is 80.7 cm³/mol. The van der Waals surface area contributed by atoms with Crippen LogP contribution in [0, 0.1) is 11.3 Å². The van der Waals surface area contributed by atoms with E-state index in [0.29, 0.717) is 11.3 Å². The molecule has 2 heterocycles. The van der Waals surface area contributed by atoms with Crippen LogP contribution in [0.3, 0.4) is 0 Å². The van der Waals surface area contributed by atoms with Crippen molar-refractivity contribution in [3.63, 3.8) is 0 Å². The zero-order chi connectivity index (χ0) is 15.5. The summed E-state index contributed by atoms with van der Waals surface area (Å²) in [6.07, 6.45) is 6.04. The SMILES string of the molecule is N#Cc1cnn2cccc2c1N[C@@H]1CCCC[C@H]1NC(=O)O. The lowest BCUT2D eigenvalue weighted by atomic mass is 9.90. The molecule has 22 heavy (non-hydrogen) atoms. The molecule has 1 saturated carbocycles. The number of nitrogens with one attached hydrogen (secondary N) is 2. The zero-order valence-electron chi connectivity index (χ0n) is 12.0. The number of fused-ring (bicyclic) bond motifs is 1. The van der Waals surface area contributed by atoms with Gasteiger partial charge in [-0.3, -0.25) is 0 Å². The highest BCUT2D eigenvalue weighted by molar-refractivity contribution is 5.77. The molecule has 7 heteroatoms. The Kier molecular flexibility index (Phi) is 3.83. The number of nitrogens with zero attached hydrogens (tertiary/aromatic N) is 3. The third kappa shape index (κ3) is 2.68. The van der Waals surface area contributed by atoms with E-state index in [1.54, 1.807) is 4.52 Å². The van der Waals surface area contributed by atoms with Crippen molar-refractivity contribution < 1.29 is 9.90 Å². The molecule has 1 aliphatic rings. The van der Waals surface area contributed by atoms with Gasteiger partial charge in [-0.05, 0) is 25.0 Å². The fourth-order valence-corrected chi connectivity index (χ4v) is 3.05. The van der Waals surface area contributed by atoms with Crippen LogP contribution in [0.15, 0.2) is 24.5 Å². The topological polar surface area (TPSA) is 102 Å². The van der Waals surface area contributed by atoms with Gasteiger partial charge in [0.2, 0.25) is 0 Å². The molecule has 3 N–H and O–H groups in total. The molecule has 7 nitrogen and oxygen atoms in total. The van der Waals surface area contributed by atoms with Gasteiger partial charge in [-0.1, -0.05) is 12.8 Å². The monoisotopic (exact) mass is 299 g/mol. The standard InChI is InChI=1S/C15H17N5O2/c16-8-10-9-17-20-7-3-6-13(20)14(10)18-11-4-1-2-5-12(11)19-15(21)22/h3,6-7,9,11-12,18-19H,1-2,4-5H2,(H,21,22)/t11-,12-/m1/s1. The Morgan fingerprint density at radius 3 is 2.91 bits per heavy atom. The van der Waals surface area contributed by atoms with E-state index in [4.69, 9.17) is 5.11 Å². The van der Waals surface area contributed by atoms with Crippen LogP contribution in [0.4, 0.5) is 10.5 Å². The molecular formula is C15H17N5O2. The number of carboxylic acid groups (broad SMARTS) is 1. The van der Waals surface area contributed by atoms with Crippen molar-refractivity contribution in [2.24, 2.45) is 0 Å². The third-order valence-corrected chi connectivity index (χ3v) is 4.09. The fourth-order valence-electron chi connectivity index (χ4n) is 3.05. The van der Waals surface area contributed by atoms with Gasteiger partial charge >= 0.3 is 6.09 Å². The van der Waals surface area contributed by atoms with Gasteiger partial charge in [-0.25, -0.2) is 9.31 Å². The first-order valence-electron chi connectivity index (χ1n) is 7.31. The van der Waals surface area contributed by atoms with Crippen LogP contribution in [0.5, 0.6) is 0 Å². The number of hydrogen-bond donors (Lipinski definition) is 3. The molecule has 0 radical (unpaired) electrons. The van der Waals surface area contributed by atoms with Gasteiger partial charge in [0.25, 0.3) is 0 Å². The molecule has 0 bridgehead atoms. The third-order valence-electron chi connectivity index (χ3n) is 4.09. The minimum atomic E-state index is -1.01. The van der Waals surface area contributed by atoms with Gasteiger partial charge < -0.3 is 15.7 Å². The van der Waals surface area contributed by atoms with Gasteiger partial charge in [-0.15, -0.1) is 0 Å². The Bertz CT molecular complexity index is 733. The number of carbonyl (C=O) groups is 1. The number of amides is 1. The van der Waals surface area contributed by atoms with Crippen molar-refractivity contribution in [1.82, 2.24) is 14.9 Å². The Morgan fingerprint density at radius 1 is 1.41 bits per heavy atom. The van der Waals surface area contributed by atoms with Gasteiger partial charge in [0.1, 0.15) is 6.07 Å². The van der Waals surface area contributed by atoms with Crippen LogP contribution in [0.1, 0.15) is 31.2 Å². The zero-order valence-corrected chi connectivity index (χ0v) is 12.0. The summed E-state index contributed by atoms with van der Waals surface area (Å²) >= 11 is 0. The van der Waals surface area contributed by atoms with E-state index in [0.717, 1.165) is 31.2 Å². The maximum atomic E-state index is 11.0. The average molecular weight is 299 g/mol. The second-order valence-corrected chi connectivity index (χ2v) is 5.47. The van der Waals surface area contributed by atoms with E-state index in [2.05, 4.69) is 21.8 Å². The molecule has 2 atom stereocenters. The summed E-state index contributed by atoms with van der Waals surface area (Å²) < 4.78 is 1.70. The second-order valence-electron chi connectivity index (χ2n) is 5.47. The fraction of sp³-hybridized carbons (Fsp3) is 0.400. The van der Waals surface area contributed by atoms with Crippen molar-refractivity contribution in [2.75, 3.05) is 5.32 Å². The number of nitriles is 1. The van der Waals surface area contributed by atoms with E-state index in [1.807, 2.05) is 18.3 Å². The van der Waals surface area contributed by atoms with Crippen LogP contribution in [-0.2, 0) is 0 Å². The number of hydrogen-bond acceptors (Lipinski definition) is 4. The minimum absolute atomic E-state index is 0.0296. The lowest BCUT2D eigenvalue weighted by molar-refractivity contribution is 0.184. The molecule has 1 amide bonds. The van der Waals surface area contributed by atoms with E-state index < -0.39 is 6.09 Å². The van der Waals surface area contributed by atoms with E-state index in [1.165, 1.54) is 6.20 Å². The summed E-state index contributed by atoms with van der Waals surface area (Å²) in [6.45, 7) is 0. The maximum Gasteiger partial charge on any atom is 0.404 e. The van der Waals surface area contributed by atoms with Crippen LogP contribution < -0.4 is 10.6 Å². The summed E-state index contributed by atoms with van der Waals surface area (Å²) in [5, 5.41) is 28.4. The minimum Gasteiger partial charge on any atom is -0.465 e. The molecule has 2 aromatic rings. The lowest BCUT2D eigenvalue weighted by Gasteiger charge is -2.33.